The third-order valence-electron chi connectivity index (χ3n) is 2.40. The van der Waals surface area contributed by atoms with Crippen LogP contribution in [0.1, 0.15) is 0 Å². The van der Waals surface area contributed by atoms with Crippen LogP contribution in [0.25, 0.3) is 21.9 Å². The number of fused-ring (bicyclic) bond motifs is 3. The Kier molecular flexibility index (Phi) is 2.42. The third kappa shape index (κ3) is 1.54. The molecule has 0 atom stereocenters. The van der Waals surface area contributed by atoms with E-state index in [1.54, 1.807) is 0 Å². The van der Waals surface area contributed by atoms with Crippen LogP contribution in [0.3, 0.4) is 0 Å². The lowest BCUT2D eigenvalue weighted by Crippen LogP contribution is -2.06. The van der Waals surface area contributed by atoms with Crippen molar-refractivity contribution >= 4 is 67.1 Å². The van der Waals surface area contributed by atoms with Crippen molar-refractivity contribution in [1.29, 1.82) is 0 Å². The second-order valence-corrected chi connectivity index (χ2v) is 5.66. The highest BCUT2D eigenvalue weighted by atomic mass is 127. The molecule has 2 heterocycles. The summed E-state index contributed by atoms with van der Waals surface area (Å²) in [6.45, 7) is 0. The van der Waals surface area contributed by atoms with Gasteiger partial charge >= 0.3 is 0 Å². The number of hydrogen-bond donors (Lipinski definition) is 2. The zero-order valence-electron chi connectivity index (χ0n) is 7.84. The van der Waals surface area contributed by atoms with Crippen molar-refractivity contribution in [2.45, 2.75) is 0 Å². The van der Waals surface area contributed by atoms with Gasteiger partial charge in [0.1, 0.15) is 0 Å². The van der Waals surface area contributed by atoms with Crippen LogP contribution in [0.5, 0.6) is 0 Å². The fourth-order valence-corrected chi connectivity index (χ4v) is 2.73. The lowest BCUT2D eigenvalue weighted by Gasteiger charge is -1.98. The number of H-pyrrole nitrogens is 2. The van der Waals surface area contributed by atoms with Crippen molar-refractivity contribution in [3.8, 4) is 0 Å². The first-order chi connectivity index (χ1) is 7.65. The van der Waals surface area contributed by atoms with Crippen molar-refractivity contribution in [3.05, 3.63) is 36.0 Å². The first-order valence-electron chi connectivity index (χ1n) is 4.52. The van der Waals surface area contributed by atoms with Gasteiger partial charge in [-0.05, 0) is 57.3 Å². The van der Waals surface area contributed by atoms with E-state index < -0.39 is 0 Å². The van der Waals surface area contributed by atoms with E-state index in [0.29, 0.717) is 11.0 Å². The third-order valence-corrected chi connectivity index (χ3v) is 3.58. The molecule has 0 fully saturated rings. The van der Waals surface area contributed by atoms with E-state index >= 15 is 0 Å². The van der Waals surface area contributed by atoms with Gasteiger partial charge in [-0.15, -0.1) is 0 Å². The van der Waals surface area contributed by atoms with Crippen LogP contribution in [0.2, 0.25) is 0 Å². The Balaban J connectivity index is 2.64. The van der Waals surface area contributed by atoms with Crippen LogP contribution >= 0.6 is 45.2 Å². The molecule has 3 aromatic rings. The molecule has 2 N–H and O–H groups in total. The number of nitrogens with zero attached hydrogens (tertiary/aromatic N) is 1. The van der Waals surface area contributed by atoms with E-state index in [0.717, 1.165) is 18.3 Å². The van der Waals surface area contributed by atoms with E-state index in [4.69, 9.17) is 0 Å². The topological polar surface area (TPSA) is 61.5 Å². The van der Waals surface area contributed by atoms with Crippen molar-refractivity contribution in [2.75, 3.05) is 0 Å². The first-order valence-corrected chi connectivity index (χ1v) is 6.67. The molecular formula is C10H5I2N3O. The second kappa shape index (κ2) is 3.69. The van der Waals surface area contributed by atoms with Crippen molar-refractivity contribution in [3.63, 3.8) is 0 Å². The molecule has 80 valence electrons. The largest absolute Gasteiger partial charge is 0.331 e. The molecule has 0 aliphatic heterocycles. The van der Waals surface area contributed by atoms with E-state index in [1.807, 2.05) is 18.2 Å². The molecule has 0 spiro atoms. The minimum atomic E-state index is -0.0936. The number of imidazole rings is 1. The molecule has 1 aromatic carbocycles. The monoisotopic (exact) mass is 437 g/mol. The van der Waals surface area contributed by atoms with Gasteiger partial charge in [-0.3, -0.25) is 4.79 Å². The summed E-state index contributed by atoms with van der Waals surface area (Å²) in [4.78, 5) is 22.0. The number of pyridine rings is 1. The first kappa shape index (κ1) is 10.5. The zero-order chi connectivity index (χ0) is 11.3. The minimum Gasteiger partial charge on any atom is -0.331 e. The second-order valence-electron chi connectivity index (χ2n) is 3.40. The molecular weight excluding hydrogens is 432 g/mol. The number of benzene rings is 1. The molecule has 0 aliphatic rings. The smallest absolute Gasteiger partial charge is 0.257 e. The standard InChI is InChI=1S/C10H5I2N3O/c11-4-1-2-5-6(3-4)9(16)14-8-7(5)13-10(12)15-8/h1-3H,(H2,13,14,15,16). The van der Waals surface area contributed by atoms with Gasteiger partial charge in [0, 0.05) is 8.96 Å². The van der Waals surface area contributed by atoms with Gasteiger partial charge in [0.2, 0.25) is 0 Å². The maximum Gasteiger partial charge on any atom is 0.257 e. The molecule has 16 heavy (non-hydrogen) atoms. The van der Waals surface area contributed by atoms with Crippen molar-refractivity contribution in [2.24, 2.45) is 0 Å². The molecule has 0 bridgehead atoms. The van der Waals surface area contributed by atoms with Crippen LogP contribution in [0.4, 0.5) is 0 Å². The maximum absolute atomic E-state index is 11.8. The van der Waals surface area contributed by atoms with Crippen LogP contribution in [-0.4, -0.2) is 15.0 Å². The Morgan fingerprint density at radius 1 is 1.12 bits per heavy atom. The minimum absolute atomic E-state index is 0.0936. The van der Waals surface area contributed by atoms with Gasteiger partial charge in [-0.2, -0.15) is 0 Å². The molecule has 0 amide bonds. The average Bonchev–Trinajstić information content (AvgIpc) is 2.59. The molecule has 0 unspecified atom stereocenters. The highest BCUT2D eigenvalue weighted by Gasteiger charge is 2.08. The van der Waals surface area contributed by atoms with Crippen molar-refractivity contribution < 1.29 is 0 Å². The van der Waals surface area contributed by atoms with Gasteiger partial charge in [-0.1, -0.05) is 6.07 Å². The predicted molar refractivity (Wildman–Crippen MR) is 79.7 cm³/mol. The molecule has 2 aromatic heterocycles. The summed E-state index contributed by atoms with van der Waals surface area (Å²) in [6, 6.07) is 5.81. The average molecular weight is 437 g/mol. The Morgan fingerprint density at radius 3 is 2.75 bits per heavy atom. The van der Waals surface area contributed by atoms with E-state index in [2.05, 4.69) is 60.1 Å². The summed E-state index contributed by atoms with van der Waals surface area (Å²) in [6.07, 6.45) is 0. The normalized spacial score (nSPS) is 11.4. The number of aromatic amines is 2. The summed E-state index contributed by atoms with van der Waals surface area (Å²) < 4.78 is 1.82. The SMILES string of the molecule is O=c1[nH]c2nc(I)[nH]c2c2ccc(I)cc12. The van der Waals surface area contributed by atoms with Crippen LogP contribution in [0, 0.1) is 7.40 Å². The Bertz CT molecular complexity index is 760. The fourth-order valence-electron chi connectivity index (χ4n) is 1.73. The van der Waals surface area contributed by atoms with E-state index in [1.165, 1.54) is 0 Å². The van der Waals surface area contributed by atoms with Crippen molar-refractivity contribution in [1.82, 2.24) is 15.0 Å². The van der Waals surface area contributed by atoms with E-state index in [-0.39, 0.29) is 5.56 Å². The fraction of sp³-hybridized carbons (Fsp3) is 0. The quantitative estimate of drug-likeness (QED) is 0.532. The van der Waals surface area contributed by atoms with Gasteiger partial charge < -0.3 is 9.97 Å². The zero-order valence-corrected chi connectivity index (χ0v) is 12.2. The summed E-state index contributed by atoms with van der Waals surface area (Å²) in [5, 5.41) is 1.61. The number of halogens is 2. The predicted octanol–water partition coefficient (Wildman–Crippen LogP) is 2.61. The molecule has 0 saturated carbocycles. The lowest BCUT2D eigenvalue weighted by molar-refractivity contribution is 1.23. The number of hydrogen-bond acceptors (Lipinski definition) is 2. The molecule has 0 radical (unpaired) electrons. The van der Waals surface area contributed by atoms with Gasteiger partial charge in [0.05, 0.1) is 10.9 Å². The number of nitrogens with one attached hydrogen (secondary N) is 2. The highest BCUT2D eigenvalue weighted by molar-refractivity contribution is 14.1. The van der Waals surface area contributed by atoms with Crippen LogP contribution < -0.4 is 5.56 Å². The highest BCUT2D eigenvalue weighted by Crippen LogP contribution is 2.21. The maximum atomic E-state index is 11.8. The van der Waals surface area contributed by atoms with Crippen LogP contribution in [-0.2, 0) is 0 Å². The molecule has 0 saturated heterocycles. The van der Waals surface area contributed by atoms with Crippen LogP contribution in [0.15, 0.2) is 23.0 Å². The Morgan fingerprint density at radius 2 is 1.94 bits per heavy atom. The van der Waals surface area contributed by atoms with Gasteiger partial charge in [0.25, 0.3) is 5.56 Å². The summed E-state index contributed by atoms with van der Waals surface area (Å²) in [5.41, 5.74) is 1.41. The molecule has 6 heteroatoms. The number of rotatable bonds is 0. The number of aromatic nitrogens is 3. The summed E-state index contributed by atoms with van der Waals surface area (Å²) in [5.74, 6) is 0. The molecule has 0 aliphatic carbocycles. The summed E-state index contributed by atoms with van der Waals surface area (Å²) in [7, 11) is 0. The summed E-state index contributed by atoms with van der Waals surface area (Å²) >= 11 is 4.29. The van der Waals surface area contributed by atoms with E-state index in [9.17, 15) is 4.79 Å². The molecule has 4 nitrogen and oxygen atoms in total. The lowest BCUT2D eigenvalue weighted by atomic mass is 10.1. The van der Waals surface area contributed by atoms with Gasteiger partial charge in [-0.25, -0.2) is 4.98 Å². The van der Waals surface area contributed by atoms with Gasteiger partial charge in [0.15, 0.2) is 9.48 Å². The molecule has 3 rings (SSSR count). The Hall–Kier alpha value is -0.640. The Labute approximate surface area is 117 Å².